The highest BCUT2D eigenvalue weighted by molar-refractivity contribution is 6.33. The minimum Gasteiger partial charge on any atom is -0.459 e. The van der Waals surface area contributed by atoms with Crippen LogP contribution in [0.1, 0.15) is 72.5 Å². The molecule has 2 heterocycles. The number of fused-ring (bicyclic) bond motifs is 1. The van der Waals surface area contributed by atoms with Gasteiger partial charge in [-0.25, -0.2) is 4.79 Å². The normalized spacial score (nSPS) is 22.9. The standard InChI is InChI=1S/C27H35ClN2O4/c1-19-16-20(2)26(28)23-17-22(29-33-18-24(31)30-14-10-7-11-15-30)13-9-6-4-5-8-12-21(3)34-27(32)25(19)23/h5,8-9,13,16,21H,4,6-7,10-12,14-15,17-18H2,1-3H3/b8-5+,13-9+,29-22-/t21-/m1/s1. The number of likely N-dealkylation sites (tertiary alicyclic amines) is 1. The molecular weight excluding hydrogens is 452 g/mol. The van der Waals surface area contributed by atoms with Crippen LogP contribution in [0.4, 0.5) is 0 Å². The zero-order valence-electron chi connectivity index (χ0n) is 20.4. The number of cyclic esters (lactones) is 1. The Hall–Kier alpha value is -2.60. The number of aryl methyl sites for hydroxylation is 2. The number of piperidine rings is 1. The average Bonchev–Trinajstić information content (AvgIpc) is 2.81. The smallest absolute Gasteiger partial charge is 0.339 e. The summed E-state index contributed by atoms with van der Waals surface area (Å²) in [5, 5.41) is 4.80. The maximum atomic E-state index is 13.1. The van der Waals surface area contributed by atoms with Crippen LogP contribution in [0, 0.1) is 13.8 Å². The summed E-state index contributed by atoms with van der Waals surface area (Å²) in [6.07, 6.45) is 13.7. The third-order valence-corrected chi connectivity index (χ3v) is 6.66. The van der Waals surface area contributed by atoms with Gasteiger partial charge in [0.1, 0.15) is 6.10 Å². The van der Waals surface area contributed by atoms with E-state index in [0.29, 0.717) is 34.7 Å². The van der Waals surface area contributed by atoms with Gasteiger partial charge in [0.25, 0.3) is 5.91 Å². The molecule has 6 nitrogen and oxygen atoms in total. The van der Waals surface area contributed by atoms with E-state index in [1.54, 1.807) is 0 Å². The van der Waals surface area contributed by atoms with Crippen molar-refractivity contribution in [1.82, 2.24) is 4.90 Å². The molecule has 0 aromatic heterocycles. The van der Waals surface area contributed by atoms with E-state index in [1.807, 2.05) is 50.0 Å². The highest BCUT2D eigenvalue weighted by atomic mass is 35.5. The molecule has 0 aliphatic carbocycles. The van der Waals surface area contributed by atoms with Crippen LogP contribution in [0.5, 0.6) is 0 Å². The zero-order valence-corrected chi connectivity index (χ0v) is 21.2. The number of halogens is 1. The van der Waals surface area contributed by atoms with E-state index in [0.717, 1.165) is 56.3 Å². The lowest BCUT2D eigenvalue weighted by Gasteiger charge is -2.26. The molecule has 7 heteroatoms. The monoisotopic (exact) mass is 486 g/mol. The molecule has 1 aromatic carbocycles. The van der Waals surface area contributed by atoms with Gasteiger partial charge in [-0.05, 0) is 75.6 Å². The van der Waals surface area contributed by atoms with Gasteiger partial charge in [-0.1, -0.05) is 41.1 Å². The molecule has 3 rings (SSSR count). The van der Waals surface area contributed by atoms with E-state index < -0.39 is 5.97 Å². The van der Waals surface area contributed by atoms with Gasteiger partial charge in [0, 0.05) is 31.0 Å². The Labute approximate surface area is 207 Å². The Kier molecular flexibility index (Phi) is 9.75. The number of hydrogen-bond acceptors (Lipinski definition) is 5. The lowest BCUT2D eigenvalue weighted by Crippen LogP contribution is -2.37. The zero-order chi connectivity index (χ0) is 24.5. The summed E-state index contributed by atoms with van der Waals surface area (Å²) in [5.41, 5.74) is 3.42. The molecule has 2 aliphatic rings. The number of amides is 1. The number of ether oxygens (including phenoxy) is 1. The van der Waals surface area contributed by atoms with E-state index >= 15 is 0 Å². The van der Waals surface area contributed by atoms with Crippen molar-refractivity contribution in [3.63, 3.8) is 0 Å². The van der Waals surface area contributed by atoms with Crippen LogP contribution in [-0.2, 0) is 20.8 Å². The number of oxime groups is 1. The third kappa shape index (κ3) is 7.20. The van der Waals surface area contributed by atoms with Gasteiger partial charge in [0.05, 0.1) is 11.3 Å². The van der Waals surface area contributed by atoms with Gasteiger partial charge in [0.15, 0.2) is 6.61 Å². The molecule has 1 atom stereocenters. The van der Waals surface area contributed by atoms with Crippen molar-refractivity contribution in [3.05, 3.63) is 57.6 Å². The number of rotatable bonds is 3. The van der Waals surface area contributed by atoms with Gasteiger partial charge in [0.2, 0.25) is 0 Å². The number of hydrogen-bond donors (Lipinski definition) is 0. The Bertz CT molecular complexity index is 977. The average molecular weight is 487 g/mol. The minimum atomic E-state index is -0.392. The molecule has 1 fully saturated rings. The van der Waals surface area contributed by atoms with E-state index in [4.69, 9.17) is 21.2 Å². The van der Waals surface area contributed by atoms with Crippen molar-refractivity contribution < 1.29 is 19.2 Å². The van der Waals surface area contributed by atoms with Crippen molar-refractivity contribution in [2.75, 3.05) is 19.7 Å². The molecule has 0 N–H and O–H groups in total. The van der Waals surface area contributed by atoms with Crippen LogP contribution in [0.15, 0.2) is 35.5 Å². The van der Waals surface area contributed by atoms with E-state index in [9.17, 15) is 9.59 Å². The fourth-order valence-electron chi connectivity index (χ4n) is 4.31. The lowest BCUT2D eigenvalue weighted by molar-refractivity contribution is -0.137. The van der Waals surface area contributed by atoms with Crippen LogP contribution in [0.25, 0.3) is 0 Å². The Morgan fingerprint density at radius 1 is 1.15 bits per heavy atom. The number of allylic oxidation sites excluding steroid dienone is 3. The van der Waals surface area contributed by atoms with Crippen LogP contribution < -0.4 is 0 Å². The fraction of sp³-hybridized carbons (Fsp3) is 0.519. The number of esters is 1. The minimum absolute atomic E-state index is 0.0539. The van der Waals surface area contributed by atoms with Crippen molar-refractivity contribution in [2.45, 2.75) is 71.8 Å². The molecule has 184 valence electrons. The second-order valence-electron chi connectivity index (χ2n) is 9.05. The third-order valence-electron chi connectivity index (χ3n) is 6.13. The highest BCUT2D eigenvalue weighted by Gasteiger charge is 2.23. The van der Waals surface area contributed by atoms with Crippen LogP contribution in [0.3, 0.4) is 0 Å². The predicted molar refractivity (Wildman–Crippen MR) is 135 cm³/mol. The number of nitrogens with zero attached hydrogens (tertiary/aromatic N) is 2. The molecule has 0 saturated carbocycles. The summed E-state index contributed by atoms with van der Waals surface area (Å²) >= 11 is 6.69. The van der Waals surface area contributed by atoms with E-state index in [-0.39, 0.29) is 18.6 Å². The van der Waals surface area contributed by atoms with Crippen LogP contribution in [-0.4, -0.2) is 48.3 Å². The van der Waals surface area contributed by atoms with Gasteiger partial charge in [-0.15, -0.1) is 0 Å². The highest BCUT2D eigenvalue weighted by Crippen LogP contribution is 2.29. The number of benzene rings is 1. The molecule has 1 saturated heterocycles. The van der Waals surface area contributed by atoms with Crippen molar-refractivity contribution in [2.24, 2.45) is 5.16 Å². The molecule has 1 aromatic rings. The second-order valence-corrected chi connectivity index (χ2v) is 9.43. The van der Waals surface area contributed by atoms with E-state index in [2.05, 4.69) is 11.2 Å². The van der Waals surface area contributed by atoms with Crippen LogP contribution >= 0.6 is 11.6 Å². The summed E-state index contributed by atoms with van der Waals surface area (Å²) in [6.45, 7) is 7.13. The first-order chi connectivity index (χ1) is 16.4. The van der Waals surface area contributed by atoms with Gasteiger partial charge < -0.3 is 14.5 Å². The Morgan fingerprint density at radius 2 is 1.88 bits per heavy atom. The number of carbonyl (C=O) groups excluding carboxylic acids is 2. The fourth-order valence-corrected chi connectivity index (χ4v) is 4.53. The summed E-state index contributed by atoms with van der Waals surface area (Å²) < 4.78 is 5.72. The molecule has 1 amide bonds. The molecule has 0 spiro atoms. The summed E-state index contributed by atoms with van der Waals surface area (Å²) in [4.78, 5) is 32.9. The predicted octanol–water partition coefficient (Wildman–Crippen LogP) is 5.73. The molecule has 0 unspecified atom stereocenters. The van der Waals surface area contributed by atoms with Crippen molar-refractivity contribution in [3.8, 4) is 0 Å². The first-order valence-corrected chi connectivity index (χ1v) is 12.5. The Balaban J connectivity index is 1.88. The quantitative estimate of drug-likeness (QED) is 0.311. The summed E-state index contributed by atoms with van der Waals surface area (Å²) in [6, 6.07) is 1.90. The van der Waals surface area contributed by atoms with Crippen molar-refractivity contribution >= 4 is 29.2 Å². The second kappa shape index (κ2) is 12.7. The maximum Gasteiger partial charge on any atom is 0.339 e. The molecule has 0 bridgehead atoms. The molecule has 2 aliphatic heterocycles. The molecule has 0 radical (unpaired) electrons. The van der Waals surface area contributed by atoms with Crippen LogP contribution in [0.2, 0.25) is 5.02 Å². The summed E-state index contributed by atoms with van der Waals surface area (Å²) in [7, 11) is 0. The largest absolute Gasteiger partial charge is 0.459 e. The maximum absolute atomic E-state index is 13.1. The first kappa shape index (κ1) is 26.0. The molecular formula is C27H35ClN2O4. The van der Waals surface area contributed by atoms with Gasteiger partial charge in [-0.3, -0.25) is 4.79 Å². The van der Waals surface area contributed by atoms with E-state index in [1.165, 1.54) is 0 Å². The Morgan fingerprint density at radius 3 is 2.65 bits per heavy atom. The first-order valence-electron chi connectivity index (χ1n) is 12.1. The summed E-state index contributed by atoms with van der Waals surface area (Å²) in [5.74, 6) is -0.446. The van der Waals surface area contributed by atoms with Crippen molar-refractivity contribution in [1.29, 1.82) is 0 Å². The van der Waals surface area contributed by atoms with Gasteiger partial charge >= 0.3 is 5.97 Å². The molecule has 34 heavy (non-hydrogen) atoms. The number of carbonyl (C=O) groups is 2. The SMILES string of the molecule is Cc1cc(C)c2c(c1Cl)CC(=N\OCC(=O)N1CCCCC1)/C=C/CC/C=C/C[C@@H](C)OC2=O. The lowest BCUT2D eigenvalue weighted by atomic mass is 9.94. The topological polar surface area (TPSA) is 68.2 Å². The van der Waals surface area contributed by atoms with Gasteiger partial charge in [-0.2, -0.15) is 0 Å².